The summed E-state index contributed by atoms with van der Waals surface area (Å²) in [4.78, 5) is 32.6. The summed E-state index contributed by atoms with van der Waals surface area (Å²) >= 11 is 1.27. The molecule has 0 aliphatic carbocycles. The van der Waals surface area contributed by atoms with E-state index in [1.54, 1.807) is 24.5 Å². The molecule has 222 valence electrons. The molecule has 4 aromatic rings. The molecule has 1 aliphatic rings. The molecule has 2 heterocycles. The van der Waals surface area contributed by atoms with Crippen molar-refractivity contribution in [1.82, 2.24) is 4.57 Å². The maximum absolute atomic E-state index is 14.1. The van der Waals surface area contributed by atoms with Gasteiger partial charge in [-0.15, -0.1) is 0 Å². The lowest BCUT2D eigenvalue weighted by Gasteiger charge is -2.25. The summed E-state index contributed by atoms with van der Waals surface area (Å²) in [7, 11) is 0. The van der Waals surface area contributed by atoms with E-state index in [9.17, 15) is 9.59 Å². The Labute approximate surface area is 254 Å². The molecule has 1 aromatic heterocycles. The number of ether oxygens (including phenoxy) is 4. The van der Waals surface area contributed by atoms with Crippen LogP contribution in [0.1, 0.15) is 50.4 Å². The smallest absolute Gasteiger partial charge is 0.338 e. The van der Waals surface area contributed by atoms with Crippen molar-refractivity contribution in [3.8, 4) is 17.2 Å². The normalized spacial score (nSPS) is 14.6. The van der Waals surface area contributed by atoms with Crippen molar-refractivity contribution in [3.63, 3.8) is 0 Å². The van der Waals surface area contributed by atoms with Crippen LogP contribution in [0.4, 0.5) is 0 Å². The highest BCUT2D eigenvalue weighted by molar-refractivity contribution is 7.07. The van der Waals surface area contributed by atoms with Gasteiger partial charge in [-0.2, -0.15) is 0 Å². The molecule has 0 amide bonds. The first-order valence-corrected chi connectivity index (χ1v) is 15.1. The van der Waals surface area contributed by atoms with Gasteiger partial charge in [0.15, 0.2) is 16.3 Å². The van der Waals surface area contributed by atoms with Crippen LogP contribution in [0, 0.1) is 0 Å². The number of carbonyl (C=O) groups excluding carboxylic acids is 1. The minimum Gasteiger partial charge on any atom is -0.490 e. The third-order valence-corrected chi connectivity index (χ3v) is 7.83. The predicted octanol–water partition coefficient (Wildman–Crippen LogP) is 5.17. The second-order valence-corrected chi connectivity index (χ2v) is 10.7. The Hall–Kier alpha value is -4.63. The quantitative estimate of drug-likeness (QED) is 0.221. The Morgan fingerprint density at radius 1 is 0.884 bits per heavy atom. The van der Waals surface area contributed by atoms with Gasteiger partial charge in [0, 0.05) is 5.56 Å². The lowest BCUT2D eigenvalue weighted by atomic mass is 9.95. The van der Waals surface area contributed by atoms with Crippen molar-refractivity contribution in [2.75, 3.05) is 19.8 Å². The second-order valence-electron chi connectivity index (χ2n) is 9.69. The van der Waals surface area contributed by atoms with E-state index in [-0.39, 0.29) is 12.2 Å². The van der Waals surface area contributed by atoms with Crippen molar-refractivity contribution in [2.45, 2.75) is 40.3 Å². The van der Waals surface area contributed by atoms with Gasteiger partial charge in [0.05, 0.1) is 41.7 Å². The summed E-state index contributed by atoms with van der Waals surface area (Å²) < 4.78 is 25.2. The van der Waals surface area contributed by atoms with Crippen molar-refractivity contribution < 1.29 is 23.7 Å². The van der Waals surface area contributed by atoms with E-state index in [4.69, 9.17) is 18.9 Å². The van der Waals surface area contributed by atoms with Gasteiger partial charge in [0.25, 0.3) is 5.56 Å². The molecule has 8 nitrogen and oxygen atoms in total. The number of thiazole rings is 1. The highest BCUT2D eigenvalue weighted by atomic mass is 32.1. The minimum absolute atomic E-state index is 0.194. The molecule has 1 unspecified atom stereocenters. The van der Waals surface area contributed by atoms with E-state index < -0.39 is 12.0 Å². The van der Waals surface area contributed by atoms with Crippen molar-refractivity contribution in [3.05, 3.63) is 120 Å². The number of benzene rings is 3. The molecule has 9 heteroatoms. The fourth-order valence-electron chi connectivity index (χ4n) is 4.95. The van der Waals surface area contributed by atoms with E-state index in [2.05, 4.69) is 4.99 Å². The standard InChI is InChI=1S/C34H34N2O6S/c1-5-39-27-18-17-25(19-28(27)40-6-2)31-30(33(38)41-7-3)22(4)35-34-36(31)32(37)29(43-34)20-24-15-11-12-16-26(24)42-21-23-13-9-8-10-14-23/h8-20,31H,5-7,21H2,1-4H3. The van der Waals surface area contributed by atoms with Gasteiger partial charge < -0.3 is 18.9 Å². The first-order valence-electron chi connectivity index (χ1n) is 14.3. The Morgan fingerprint density at radius 2 is 1.60 bits per heavy atom. The highest BCUT2D eigenvalue weighted by Gasteiger charge is 2.34. The maximum atomic E-state index is 14.1. The molecule has 0 saturated heterocycles. The zero-order valence-corrected chi connectivity index (χ0v) is 25.5. The lowest BCUT2D eigenvalue weighted by molar-refractivity contribution is -0.139. The first-order chi connectivity index (χ1) is 20.9. The molecule has 0 bridgehead atoms. The molecule has 0 saturated carbocycles. The first kappa shape index (κ1) is 29.8. The van der Waals surface area contributed by atoms with Crippen LogP contribution in [0.15, 0.2) is 93.9 Å². The molecule has 5 rings (SSSR count). The summed E-state index contributed by atoms with van der Waals surface area (Å²) in [5.74, 6) is 1.26. The fraction of sp³-hybridized carbons (Fsp3) is 0.265. The molecular weight excluding hydrogens is 564 g/mol. The van der Waals surface area contributed by atoms with E-state index in [0.717, 1.165) is 11.1 Å². The van der Waals surface area contributed by atoms with Crippen LogP contribution in [0.2, 0.25) is 0 Å². The van der Waals surface area contributed by atoms with Crippen LogP contribution in [-0.2, 0) is 16.1 Å². The van der Waals surface area contributed by atoms with Gasteiger partial charge in [-0.25, -0.2) is 9.79 Å². The number of esters is 1. The Balaban J connectivity index is 1.63. The van der Waals surface area contributed by atoms with Crippen LogP contribution in [-0.4, -0.2) is 30.4 Å². The Bertz CT molecular complexity index is 1820. The number of nitrogens with zero attached hydrogens (tertiary/aromatic N) is 2. The van der Waals surface area contributed by atoms with Gasteiger partial charge in [-0.05, 0) is 63.1 Å². The molecule has 0 N–H and O–H groups in total. The zero-order valence-electron chi connectivity index (χ0n) is 24.7. The number of aromatic nitrogens is 1. The van der Waals surface area contributed by atoms with Gasteiger partial charge in [0.1, 0.15) is 12.4 Å². The van der Waals surface area contributed by atoms with Crippen LogP contribution >= 0.6 is 11.3 Å². The number of para-hydroxylation sites is 1. The topological polar surface area (TPSA) is 88.4 Å². The molecule has 3 aromatic carbocycles. The lowest BCUT2D eigenvalue weighted by Crippen LogP contribution is -2.40. The highest BCUT2D eigenvalue weighted by Crippen LogP contribution is 2.36. The number of rotatable bonds is 11. The molecule has 43 heavy (non-hydrogen) atoms. The van der Waals surface area contributed by atoms with Gasteiger partial charge in [0.2, 0.25) is 0 Å². The van der Waals surface area contributed by atoms with Crippen LogP contribution in [0.3, 0.4) is 0 Å². The molecule has 0 fully saturated rings. The van der Waals surface area contributed by atoms with E-state index >= 15 is 0 Å². The summed E-state index contributed by atoms with van der Waals surface area (Å²) in [5.41, 5.74) is 3.02. The largest absolute Gasteiger partial charge is 0.490 e. The Kier molecular flexibility index (Phi) is 9.41. The molecular formula is C34H34N2O6S. The number of hydrogen-bond donors (Lipinski definition) is 0. The van der Waals surface area contributed by atoms with Crippen molar-refractivity contribution in [2.24, 2.45) is 4.99 Å². The van der Waals surface area contributed by atoms with Gasteiger partial charge in [-0.1, -0.05) is 65.9 Å². The molecule has 0 spiro atoms. The van der Waals surface area contributed by atoms with Crippen molar-refractivity contribution >= 4 is 23.4 Å². The zero-order chi connectivity index (χ0) is 30.3. The average Bonchev–Trinajstić information content (AvgIpc) is 3.31. The predicted molar refractivity (Wildman–Crippen MR) is 166 cm³/mol. The van der Waals surface area contributed by atoms with Crippen LogP contribution in [0.5, 0.6) is 17.2 Å². The van der Waals surface area contributed by atoms with Gasteiger partial charge in [-0.3, -0.25) is 9.36 Å². The third-order valence-electron chi connectivity index (χ3n) is 6.84. The Morgan fingerprint density at radius 3 is 2.35 bits per heavy atom. The second kappa shape index (κ2) is 13.6. The van der Waals surface area contributed by atoms with E-state index in [0.29, 0.717) is 63.2 Å². The number of carbonyl (C=O) groups is 1. The molecule has 1 aliphatic heterocycles. The monoisotopic (exact) mass is 598 g/mol. The van der Waals surface area contributed by atoms with Crippen LogP contribution < -0.4 is 29.1 Å². The molecule has 0 radical (unpaired) electrons. The number of fused-ring (bicyclic) bond motifs is 1. The maximum Gasteiger partial charge on any atom is 0.338 e. The number of allylic oxidation sites excluding steroid dienone is 1. The third kappa shape index (κ3) is 6.41. The summed E-state index contributed by atoms with van der Waals surface area (Å²) in [6.45, 7) is 8.80. The number of hydrogen-bond acceptors (Lipinski definition) is 8. The van der Waals surface area contributed by atoms with Crippen LogP contribution in [0.25, 0.3) is 6.08 Å². The van der Waals surface area contributed by atoms with Gasteiger partial charge >= 0.3 is 5.97 Å². The summed E-state index contributed by atoms with van der Waals surface area (Å²) in [6.07, 6.45) is 1.81. The average molecular weight is 599 g/mol. The minimum atomic E-state index is -0.767. The van der Waals surface area contributed by atoms with E-state index in [1.807, 2.05) is 86.7 Å². The summed E-state index contributed by atoms with van der Waals surface area (Å²) in [5, 5.41) is 0. The fourth-order valence-corrected chi connectivity index (χ4v) is 5.99. The van der Waals surface area contributed by atoms with E-state index in [1.165, 1.54) is 11.3 Å². The SMILES string of the molecule is CCOC(=O)C1=C(C)N=c2sc(=Cc3ccccc3OCc3ccccc3)c(=O)n2C1c1ccc(OCC)c(OCC)c1. The summed E-state index contributed by atoms with van der Waals surface area (Å²) in [6, 6.07) is 22.2. The van der Waals surface area contributed by atoms with Crippen molar-refractivity contribution in [1.29, 1.82) is 0 Å². The molecule has 1 atom stereocenters.